The molecule has 0 spiro atoms. The number of ether oxygens (including phenoxy) is 1. The first-order chi connectivity index (χ1) is 18.2. The molecule has 38 heavy (non-hydrogen) atoms. The Morgan fingerprint density at radius 1 is 1.13 bits per heavy atom. The van der Waals surface area contributed by atoms with Gasteiger partial charge in [0.15, 0.2) is 0 Å². The number of aryl methyl sites for hydroxylation is 1. The lowest BCUT2D eigenvalue weighted by Gasteiger charge is -2.34. The van der Waals surface area contributed by atoms with Gasteiger partial charge in [0.1, 0.15) is 5.82 Å². The average Bonchev–Trinajstić information content (AvgIpc) is 3.57. The van der Waals surface area contributed by atoms with E-state index in [9.17, 15) is 0 Å². The minimum Gasteiger partial charge on any atom is -0.381 e. The Labute approximate surface area is 230 Å². The van der Waals surface area contributed by atoms with Crippen LogP contribution in [0.15, 0.2) is 48.3 Å². The Balaban J connectivity index is 0.00000164. The van der Waals surface area contributed by atoms with Gasteiger partial charge >= 0.3 is 0 Å². The smallest absolute Gasteiger partial charge is 0.148 e. The molecule has 0 bridgehead atoms. The predicted octanol–water partition coefficient (Wildman–Crippen LogP) is 7.24. The van der Waals surface area contributed by atoms with Crippen molar-refractivity contribution in [2.24, 2.45) is 17.3 Å². The zero-order valence-corrected chi connectivity index (χ0v) is 24.8. The van der Waals surface area contributed by atoms with Gasteiger partial charge in [0, 0.05) is 56.2 Å². The van der Waals surface area contributed by atoms with Gasteiger partial charge in [-0.05, 0) is 72.8 Å². The van der Waals surface area contributed by atoms with E-state index in [0.717, 1.165) is 44.8 Å². The summed E-state index contributed by atoms with van der Waals surface area (Å²) in [7, 11) is 2.19. The first-order valence-corrected chi connectivity index (χ1v) is 14.6. The molecule has 0 amide bonds. The molecule has 3 aliphatic heterocycles. The van der Waals surface area contributed by atoms with Crippen LogP contribution >= 0.6 is 0 Å². The van der Waals surface area contributed by atoms with Crippen LogP contribution in [0.5, 0.6) is 0 Å². The molecule has 1 fully saturated rings. The molecular weight excluding hydrogens is 470 g/mol. The number of nitrogens with one attached hydrogen (secondary N) is 2. The summed E-state index contributed by atoms with van der Waals surface area (Å²) in [4.78, 5) is 11.0. The van der Waals surface area contributed by atoms with Crippen molar-refractivity contribution in [1.29, 1.82) is 0 Å². The van der Waals surface area contributed by atoms with Gasteiger partial charge in [-0.1, -0.05) is 53.7 Å². The van der Waals surface area contributed by atoms with Crippen LogP contribution in [0, 0.1) is 24.2 Å². The molecule has 5 heterocycles. The van der Waals surface area contributed by atoms with Crippen molar-refractivity contribution < 1.29 is 4.74 Å². The van der Waals surface area contributed by atoms with Gasteiger partial charge in [-0.15, -0.1) is 0 Å². The highest BCUT2D eigenvalue weighted by molar-refractivity contribution is 5.54. The number of nitrogens with zero attached hydrogens (tertiary/aromatic N) is 3. The highest BCUT2D eigenvalue weighted by Crippen LogP contribution is 2.39. The minimum atomic E-state index is 0.197. The highest BCUT2D eigenvalue weighted by Gasteiger charge is 2.33. The van der Waals surface area contributed by atoms with E-state index in [-0.39, 0.29) is 17.5 Å². The van der Waals surface area contributed by atoms with Crippen LogP contribution < -0.4 is 10.4 Å². The van der Waals surface area contributed by atoms with Crippen molar-refractivity contribution in [3.63, 3.8) is 0 Å². The lowest BCUT2D eigenvalue weighted by molar-refractivity contribution is 0.0611. The average molecular weight is 520 g/mol. The largest absolute Gasteiger partial charge is 0.381 e. The summed E-state index contributed by atoms with van der Waals surface area (Å²) in [5, 5.41) is 2.32. The third-order valence-electron chi connectivity index (χ3n) is 8.60. The number of anilines is 1. The molecule has 6 nitrogen and oxygen atoms in total. The minimum absolute atomic E-state index is 0.197. The Morgan fingerprint density at radius 3 is 2.55 bits per heavy atom. The molecule has 2 aromatic rings. The number of allylic oxidation sites excluding steroid dienone is 2. The molecule has 0 saturated carbocycles. The Hall–Kier alpha value is -2.57. The van der Waals surface area contributed by atoms with Crippen LogP contribution in [0.3, 0.4) is 0 Å². The van der Waals surface area contributed by atoms with Crippen LogP contribution in [-0.4, -0.2) is 35.1 Å². The van der Waals surface area contributed by atoms with Gasteiger partial charge < -0.3 is 14.6 Å². The molecule has 0 aromatic carbocycles. The number of likely N-dealkylation sites (N-methyl/N-ethyl adjacent to an activating group) is 1. The molecule has 5 rings (SSSR count). The van der Waals surface area contributed by atoms with Crippen LogP contribution in [0.4, 0.5) is 5.82 Å². The quantitative estimate of drug-likeness (QED) is 0.421. The summed E-state index contributed by atoms with van der Waals surface area (Å²) in [6, 6.07) is 7.07. The second kappa shape index (κ2) is 12.1. The fourth-order valence-electron chi connectivity index (χ4n) is 5.74. The van der Waals surface area contributed by atoms with Gasteiger partial charge in [0.25, 0.3) is 0 Å². The molecule has 3 atom stereocenters. The molecule has 3 unspecified atom stereocenters. The number of hydrogen-bond donors (Lipinski definition) is 2. The van der Waals surface area contributed by atoms with Gasteiger partial charge in [0.2, 0.25) is 0 Å². The molecular formula is C32H49N5O. The zero-order valence-electron chi connectivity index (χ0n) is 24.8. The summed E-state index contributed by atoms with van der Waals surface area (Å²) >= 11 is 0. The molecule has 6 heteroatoms. The first kappa shape index (κ1) is 28.4. The van der Waals surface area contributed by atoms with E-state index >= 15 is 0 Å². The molecule has 208 valence electrons. The van der Waals surface area contributed by atoms with E-state index in [0.29, 0.717) is 11.8 Å². The van der Waals surface area contributed by atoms with Crippen LogP contribution in [0.2, 0.25) is 0 Å². The monoisotopic (exact) mass is 519 g/mol. The number of fused-ring (bicyclic) bond motifs is 1. The van der Waals surface area contributed by atoms with Crippen molar-refractivity contribution in [3.05, 3.63) is 70.8 Å². The number of H-pyrrole nitrogens is 1. The maximum absolute atomic E-state index is 5.66. The fourth-order valence-corrected chi connectivity index (χ4v) is 5.74. The van der Waals surface area contributed by atoms with Crippen LogP contribution in [0.1, 0.15) is 95.4 Å². The van der Waals surface area contributed by atoms with Crippen molar-refractivity contribution in [2.45, 2.75) is 86.4 Å². The highest BCUT2D eigenvalue weighted by atomic mass is 16.5. The normalized spacial score (nSPS) is 21.5. The lowest BCUT2D eigenvalue weighted by Crippen LogP contribution is -2.38. The summed E-state index contributed by atoms with van der Waals surface area (Å²) in [6.45, 7) is 18.0. The number of hydrazine groups is 1. The van der Waals surface area contributed by atoms with Crippen LogP contribution in [0.25, 0.3) is 0 Å². The Morgan fingerprint density at radius 2 is 1.87 bits per heavy atom. The lowest BCUT2D eigenvalue weighted by atomic mass is 9.77. The summed E-state index contributed by atoms with van der Waals surface area (Å²) < 4.78 is 5.66. The third-order valence-corrected chi connectivity index (χ3v) is 8.60. The number of pyridine rings is 1. The zero-order chi connectivity index (χ0) is 27.4. The maximum atomic E-state index is 5.66. The maximum Gasteiger partial charge on any atom is 0.148 e. The van der Waals surface area contributed by atoms with E-state index in [2.05, 4.69) is 98.5 Å². The Bertz CT molecular complexity index is 1120. The second-order valence-corrected chi connectivity index (χ2v) is 12.0. The Kier molecular flexibility index (Phi) is 9.04. The van der Waals surface area contributed by atoms with Gasteiger partial charge in [0.05, 0.1) is 12.1 Å². The van der Waals surface area contributed by atoms with Gasteiger partial charge in [-0.2, -0.15) is 0 Å². The summed E-state index contributed by atoms with van der Waals surface area (Å²) in [5.74, 6) is 2.21. The molecule has 2 aromatic heterocycles. The molecule has 1 saturated heterocycles. The van der Waals surface area contributed by atoms with Crippen LogP contribution in [-0.2, 0) is 11.3 Å². The molecule has 2 N–H and O–H groups in total. The first-order valence-electron chi connectivity index (χ1n) is 14.6. The SMILES string of the molecule is CC.Cc1ccnc2c1CNN2C(CC1CCOCC1)c1ccc(C2C=CC(C(C)C(C)(C)C)=CN2C)[nH]1. The number of hydrogen-bond acceptors (Lipinski definition) is 5. The fraction of sp³-hybridized carbons (Fsp3) is 0.594. The summed E-state index contributed by atoms with van der Waals surface area (Å²) in [6.07, 6.45) is 12.3. The third kappa shape index (κ3) is 6.02. The molecule has 3 aliphatic rings. The molecule has 0 aliphatic carbocycles. The van der Waals surface area contributed by atoms with Crippen molar-refractivity contribution in [1.82, 2.24) is 20.3 Å². The van der Waals surface area contributed by atoms with E-state index in [1.807, 2.05) is 20.0 Å². The van der Waals surface area contributed by atoms with E-state index in [1.54, 1.807) is 0 Å². The number of rotatable bonds is 6. The second-order valence-electron chi connectivity index (χ2n) is 12.0. The van der Waals surface area contributed by atoms with Crippen molar-refractivity contribution in [3.8, 4) is 0 Å². The number of aromatic nitrogens is 2. The van der Waals surface area contributed by atoms with Gasteiger partial charge in [-0.25, -0.2) is 10.4 Å². The van der Waals surface area contributed by atoms with Gasteiger partial charge in [-0.3, -0.25) is 5.01 Å². The van der Waals surface area contributed by atoms with E-state index in [4.69, 9.17) is 9.72 Å². The van der Waals surface area contributed by atoms with E-state index < -0.39 is 0 Å². The standard InChI is InChI=1S/C30H43N5O.C2H6/c1-20-11-14-31-29-24(20)18-32-35(29)28(17-22-12-15-36-16-13-22)26-9-8-25(33-26)27-10-7-23(19-34(27)6)21(2)30(3,4)5;1-2/h7-11,14,19,21-22,27-28,32-33H,12-13,15-18H2,1-6H3;1-2H3. The number of aromatic amines is 1. The predicted molar refractivity (Wildman–Crippen MR) is 158 cm³/mol. The van der Waals surface area contributed by atoms with E-state index in [1.165, 1.54) is 28.1 Å². The molecule has 0 radical (unpaired) electrons. The topological polar surface area (TPSA) is 56.4 Å². The van der Waals surface area contributed by atoms with Crippen molar-refractivity contribution in [2.75, 3.05) is 25.3 Å². The summed E-state index contributed by atoms with van der Waals surface area (Å²) in [5.41, 5.74) is 10.4. The van der Waals surface area contributed by atoms with Crippen molar-refractivity contribution >= 4 is 5.82 Å².